The number of anilines is 1. The molecule has 0 aliphatic heterocycles. The smallest absolute Gasteiger partial charge is 0.322 e. The molecule has 1 amide bonds. The van der Waals surface area contributed by atoms with Gasteiger partial charge in [-0.15, -0.1) is 5.10 Å². The Balaban J connectivity index is 1.65. The first-order valence-electron chi connectivity index (χ1n) is 7.99. The molecule has 0 atom stereocenters. The number of nitrogens with one attached hydrogen (secondary N) is 1. The van der Waals surface area contributed by atoms with E-state index in [0.717, 1.165) is 10.0 Å². The molecule has 0 fully saturated rings. The third-order valence-corrected chi connectivity index (χ3v) is 4.27. The van der Waals surface area contributed by atoms with Gasteiger partial charge in [0.15, 0.2) is 0 Å². The maximum Gasteiger partial charge on any atom is 0.322 e. The molecule has 0 unspecified atom stereocenters. The molecule has 0 saturated carbocycles. The lowest BCUT2D eigenvalue weighted by Gasteiger charge is -2.05. The van der Waals surface area contributed by atoms with Crippen molar-refractivity contribution >= 4 is 27.9 Å². The summed E-state index contributed by atoms with van der Waals surface area (Å²) in [6.45, 7) is 4.32. The lowest BCUT2D eigenvalue weighted by molar-refractivity contribution is 0.102. The minimum absolute atomic E-state index is 0.0961. The van der Waals surface area contributed by atoms with Crippen LogP contribution in [0.4, 0.5) is 6.01 Å². The van der Waals surface area contributed by atoms with Crippen molar-refractivity contribution in [3.05, 3.63) is 75.6 Å². The van der Waals surface area contributed by atoms with Gasteiger partial charge < -0.3 is 4.42 Å². The van der Waals surface area contributed by atoms with E-state index in [1.165, 1.54) is 5.56 Å². The van der Waals surface area contributed by atoms with E-state index in [0.29, 0.717) is 23.8 Å². The largest absolute Gasteiger partial charge is 0.407 e. The number of halogens is 1. The summed E-state index contributed by atoms with van der Waals surface area (Å²) in [5.41, 5.74) is 2.88. The summed E-state index contributed by atoms with van der Waals surface area (Å²) in [5.74, 6) is 0.664. The number of aromatic nitrogens is 2. The van der Waals surface area contributed by atoms with Gasteiger partial charge in [-0.05, 0) is 35.2 Å². The molecule has 1 heterocycles. The zero-order chi connectivity index (χ0) is 17.8. The second-order valence-electron chi connectivity index (χ2n) is 6.04. The molecular formula is C19H18BrN3O2. The van der Waals surface area contributed by atoms with Crippen LogP contribution in [0.3, 0.4) is 0 Å². The van der Waals surface area contributed by atoms with Crippen LogP contribution >= 0.6 is 15.9 Å². The first-order chi connectivity index (χ1) is 12.0. The second kappa shape index (κ2) is 7.61. The van der Waals surface area contributed by atoms with Crippen molar-refractivity contribution in [2.24, 2.45) is 0 Å². The van der Waals surface area contributed by atoms with Gasteiger partial charge in [0.05, 0.1) is 6.42 Å². The number of carbonyl (C=O) groups is 1. The maximum atomic E-state index is 12.2. The highest BCUT2D eigenvalue weighted by atomic mass is 79.9. The van der Waals surface area contributed by atoms with Gasteiger partial charge in [0.2, 0.25) is 5.89 Å². The number of amides is 1. The molecule has 25 heavy (non-hydrogen) atoms. The third kappa shape index (κ3) is 4.54. The summed E-state index contributed by atoms with van der Waals surface area (Å²) in [4.78, 5) is 12.2. The molecule has 0 aliphatic rings. The van der Waals surface area contributed by atoms with Crippen LogP contribution in [0.1, 0.15) is 47.1 Å². The molecule has 1 N–H and O–H groups in total. The van der Waals surface area contributed by atoms with Crippen molar-refractivity contribution in [1.82, 2.24) is 10.2 Å². The van der Waals surface area contributed by atoms with Gasteiger partial charge in [0, 0.05) is 10.0 Å². The van der Waals surface area contributed by atoms with Crippen LogP contribution in [0, 0.1) is 0 Å². The van der Waals surface area contributed by atoms with E-state index < -0.39 is 0 Å². The highest BCUT2D eigenvalue weighted by Crippen LogP contribution is 2.18. The van der Waals surface area contributed by atoms with Gasteiger partial charge >= 0.3 is 6.01 Å². The van der Waals surface area contributed by atoms with E-state index in [1.54, 1.807) is 18.2 Å². The maximum absolute atomic E-state index is 12.2. The number of carbonyl (C=O) groups excluding carboxylic acids is 1. The summed E-state index contributed by atoms with van der Waals surface area (Å²) in [7, 11) is 0. The molecule has 1 aromatic heterocycles. The lowest BCUT2D eigenvalue weighted by Crippen LogP contribution is -2.11. The zero-order valence-electron chi connectivity index (χ0n) is 14.0. The van der Waals surface area contributed by atoms with E-state index >= 15 is 0 Å². The van der Waals surface area contributed by atoms with Gasteiger partial charge in [-0.1, -0.05) is 65.2 Å². The van der Waals surface area contributed by atoms with Crippen LogP contribution in [-0.4, -0.2) is 16.1 Å². The van der Waals surface area contributed by atoms with Crippen molar-refractivity contribution < 1.29 is 9.21 Å². The third-order valence-electron chi connectivity index (χ3n) is 3.78. The Labute approximate surface area is 154 Å². The van der Waals surface area contributed by atoms with Crippen molar-refractivity contribution in [1.29, 1.82) is 0 Å². The summed E-state index contributed by atoms with van der Waals surface area (Å²) in [5, 5.41) is 10.5. The minimum atomic E-state index is -0.294. The monoisotopic (exact) mass is 399 g/mol. The summed E-state index contributed by atoms with van der Waals surface area (Å²) in [6.07, 6.45) is 0.526. The highest BCUT2D eigenvalue weighted by molar-refractivity contribution is 9.10. The van der Waals surface area contributed by atoms with Crippen LogP contribution in [0.15, 0.2) is 57.4 Å². The molecule has 3 rings (SSSR count). The van der Waals surface area contributed by atoms with Crippen molar-refractivity contribution in [3.8, 4) is 0 Å². The molecule has 0 aliphatic carbocycles. The molecule has 3 aromatic rings. The molecule has 0 spiro atoms. The molecule has 0 radical (unpaired) electrons. The van der Waals surface area contributed by atoms with Crippen LogP contribution in [0.2, 0.25) is 0 Å². The van der Waals surface area contributed by atoms with E-state index in [2.05, 4.69) is 69.6 Å². The van der Waals surface area contributed by atoms with Crippen molar-refractivity contribution in [2.75, 3.05) is 5.32 Å². The molecular weight excluding hydrogens is 382 g/mol. The fraction of sp³-hybridized carbons (Fsp3) is 0.211. The Morgan fingerprint density at radius 3 is 2.60 bits per heavy atom. The average molecular weight is 400 g/mol. The predicted molar refractivity (Wildman–Crippen MR) is 99.7 cm³/mol. The molecule has 6 heteroatoms. The van der Waals surface area contributed by atoms with E-state index in [4.69, 9.17) is 4.42 Å². The summed E-state index contributed by atoms with van der Waals surface area (Å²) in [6, 6.07) is 15.5. The van der Waals surface area contributed by atoms with Gasteiger partial charge in [0.25, 0.3) is 5.91 Å². The van der Waals surface area contributed by atoms with Crippen LogP contribution in [0.5, 0.6) is 0 Å². The van der Waals surface area contributed by atoms with Crippen LogP contribution in [-0.2, 0) is 6.42 Å². The zero-order valence-corrected chi connectivity index (χ0v) is 15.6. The summed E-state index contributed by atoms with van der Waals surface area (Å²) >= 11 is 3.34. The second-order valence-corrected chi connectivity index (χ2v) is 6.95. The van der Waals surface area contributed by atoms with Crippen LogP contribution in [0.25, 0.3) is 0 Å². The van der Waals surface area contributed by atoms with Crippen molar-refractivity contribution in [3.63, 3.8) is 0 Å². The quantitative estimate of drug-likeness (QED) is 0.668. The fourth-order valence-electron chi connectivity index (χ4n) is 2.37. The van der Waals surface area contributed by atoms with E-state index in [-0.39, 0.29) is 11.9 Å². The normalized spacial score (nSPS) is 10.9. The predicted octanol–water partition coefficient (Wildman–Crippen LogP) is 4.80. The Morgan fingerprint density at radius 2 is 1.92 bits per heavy atom. The molecule has 5 nitrogen and oxygen atoms in total. The van der Waals surface area contributed by atoms with Gasteiger partial charge in [-0.3, -0.25) is 10.1 Å². The Morgan fingerprint density at radius 1 is 1.16 bits per heavy atom. The fourth-order valence-corrected chi connectivity index (χ4v) is 2.77. The Bertz CT molecular complexity index is 872. The topological polar surface area (TPSA) is 68.0 Å². The molecule has 2 aromatic carbocycles. The number of benzene rings is 2. The highest BCUT2D eigenvalue weighted by Gasteiger charge is 2.12. The number of hydrogen-bond acceptors (Lipinski definition) is 4. The first kappa shape index (κ1) is 17.4. The minimum Gasteiger partial charge on any atom is -0.407 e. The Kier molecular flexibility index (Phi) is 5.28. The first-order valence-corrected chi connectivity index (χ1v) is 8.78. The number of nitrogens with zero attached hydrogens (tertiary/aromatic N) is 2. The SMILES string of the molecule is CC(C)c1ccc(Cc2nnc(NC(=O)c3cccc(Br)c3)o2)cc1. The molecule has 0 bridgehead atoms. The molecule has 128 valence electrons. The van der Waals surface area contributed by atoms with E-state index in [1.807, 2.05) is 6.07 Å². The van der Waals surface area contributed by atoms with Gasteiger partial charge in [-0.2, -0.15) is 0 Å². The molecule has 0 saturated heterocycles. The van der Waals surface area contributed by atoms with Crippen LogP contribution < -0.4 is 5.32 Å². The Hall–Kier alpha value is -2.47. The van der Waals surface area contributed by atoms with E-state index in [9.17, 15) is 4.79 Å². The number of rotatable bonds is 5. The van der Waals surface area contributed by atoms with Gasteiger partial charge in [-0.25, -0.2) is 0 Å². The van der Waals surface area contributed by atoms with Crippen molar-refractivity contribution in [2.45, 2.75) is 26.2 Å². The summed E-state index contributed by atoms with van der Waals surface area (Å²) < 4.78 is 6.35. The average Bonchev–Trinajstić information content (AvgIpc) is 3.02. The lowest BCUT2D eigenvalue weighted by atomic mass is 10.0. The standard InChI is InChI=1S/C19H18BrN3O2/c1-12(2)14-8-6-13(7-9-14)10-17-22-23-19(25-17)21-18(24)15-4-3-5-16(20)11-15/h3-9,11-12H,10H2,1-2H3,(H,21,23,24). The number of hydrogen-bond donors (Lipinski definition) is 1. The van der Waals surface area contributed by atoms with Gasteiger partial charge in [0.1, 0.15) is 0 Å².